The second-order valence-electron chi connectivity index (χ2n) is 4.92. The summed E-state index contributed by atoms with van der Waals surface area (Å²) < 4.78 is 0.957. The van der Waals surface area contributed by atoms with Gasteiger partial charge in [0.25, 0.3) is 5.91 Å². The predicted octanol–water partition coefficient (Wildman–Crippen LogP) is 3.54. The first-order valence-corrected chi connectivity index (χ1v) is 7.57. The maximum atomic E-state index is 12.4. The number of carbonyl (C=O) groups is 2. The van der Waals surface area contributed by atoms with Crippen LogP contribution < -0.4 is 5.32 Å². The minimum Gasteiger partial charge on any atom is -0.303 e. The molecule has 1 saturated heterocycles. The van der Waals surface area contributed by atoms with Crippen LogP contribution >= 0.6 is 15.9 Å². The molecule has 0 spiro atoms. The van der Waals surface area contributed by atoms with Gasteiger partial charge in [-0.2, -0.15) is 0 Å². The number of carbonyl (C=O) groups excluding carboxylic acids is 2. The molecule has 3 rings (SSSR count). The summed E-state index contributed by atoms with van der Waals surface area (Å²) in [5.41, 5.74) is 2.07. The average molecular weight is 357 g/mol. The summed E-state index contributed by atoms with van der Waals surface area (Å²) in [6, 6.07) is 16.6. The van der Waals surface area contributed by atoms with Crippen LogP contribution in [0.5, 0.6) is 0 Å². The molecule has 4 nitrogen and oxygen atoms in total. The van der Waals surface area contributed by atoms with Gasteiger partial charge in [0.1, 0.15) is 5.70 Å². The first-order valence-electron chi connectivity index (χ1n) is 6.77. The maximum Gasteiger partial charge on any atom is 0.329 e. The summed E-state index contributed by atoms with van der Waals surface area (Å²) >= 11 is 3.36. The van der Waals surface area contributed by atoms with Crippen LogP contribution in [-0.4, -0.2) is 16.8 Å². The molecule has 1 fully saturated rings. The van der Waals surface area contributed by atoms with Crippen LogP contribution in [0.15, 0.2) is 64.8 Å². The van der Waals surface area contributed by atoms with Crippen molar-refractivity contribution in [2.75, 3.05) is 0 Å². The van der Waals surface area contributed by atoms with Gasteiger partial charge in [-0.25, -0.2) is 4.79 Å². The van der Waals surface area contributed by atoms with Gasteiger partial charge in [-0.3, -0.25) is 9.69 Å². The Morgan fingerprint density at radius 2 is 1.68 bits per heavy atom. The molecule has 22 heavy (non-hydrogen) atoms. The van der Waals surface area contributed by atoms with Crippen molar-refractivity contribution in [3.8, 4) is 0 Å². The molecule has 0 unspecified atom stereocenters. The van der Waals surface area contributed by atoms with E-state index in [0.29, 0.717) is 5.70 Å². The number of benzene rings is 2. The third-order valence-electron chi connectivity index (χ3n) is 3.33. The second-order valence-corrected chi connectivity index (χ2v) is 5.83. The van der Waals surface area contributed by atoms with Crippen LogP contribution in [0, 0.1) is 0 Å². The number of hydrogen-bond donors (Lipinski definition) is 1. The van der Waals surface area contributed by atoms with Gasteiger partial charge in [0.05, 0.1) is 6.54 Å². The molecule has 1 N–H and O–H groups in total. The summed E-state index contributed by atoms with van der Waals surface area (Å²) in [5, 5.41) is 2.62. The van der Waals surface area contributed by atoms with Crippen molar-refractivity contribution in [2.45, 2.75) is 6.54 Å². The first kappa shape index (κ1) is 14.5. The van der Waals surface area contributed by atoms with Crippen molar-refractivity contribution in [2.24, 2.45) is 0 Å². The average Bonchev–Trinajstić information content (AvgIpc) is 2.78. The second kappa shape index (κ2) is 6.15. The van der Waals surface area contributed by atoms with E-state index in [0.717, 1.165) is 15.6 Å². The number of nitrogens with zero attached hydrogens (tertiary/aromatic N) is 1. The van der Waals surface area contributed by atoms with E-state index in [2.05, 4.69) is 21.2 Å². The Bertz CT molecular complexity index is 739. The monoisotopic (exact) mass is 356 g/mol. The van der Waals surface area contributed by atoms with Gasteiger partial charge in [0.2, 0.25) is 0 Å². The van der Waals surface area contributed by atoms with Gasteiger partial charge in [-0.1, -0.05) is 58.4 Å². The molecule has 2 aromatic rings. The standard InChI is InChI=1S/C17H13BrN2O2/c18-14-8-6-13(7-9-14)11-20-16(21)15(19-17(20)22)10-12-4-2-1-3-5-12/h1-10H,11H2,(H,19,22)/b15-10+. The number of urea groups is 1. The van der Waals surface area contributed by atoms with Crippen molar-refractivity contribution in [1.29, 1.82) is 0 Å². The molecule has 0 bridgehead atoms. The number of halogens is 1. The molecule has 0 atom stereocenters. The van der Waals surface area contributed by atoms with Gasteiger partial charge in [-0.05, 0) is 29.3 Å². The number of hydrogen-bond acceptors (Lipinski definition) is 2. The van der Waals surface area contributed by atoms with Crippen LogP contribution in [0.1, 0.15) is 11.1 Å². The van der Waals surface area contributed by atoms with Gasteiger partial charge < -0.3 is 5.32 Å². The van der Waals surface area contributed by atoms with Gasteiger partial charge in [0, 0.05) is 4.47 Å². The highest BCUT2D eigenvalue weighted by Crippen LogP contribution is 2.18. The Balaban J connectivity index is 1.80. The van der Waals surface area contributed by atoms with Crippen molar-refractivity contribution < 1.29 is 9.59 Å². The first-order chi connectivity index (χ1) is 10.6. The Hall–Kier alpha value is -2.40. The van der Waals surface area contributed by atoms with Gasteiger partial charge in [0.15, 0.2) is 0 Å². The Labute approximate surface area is 136 Å². The fourth-order valence-corrected chi connectivity index (χ4v) is 2.47. The lowest BCUT2D eigenvalue weighted by Gasteiger charge is -2.11. The molecule has 0 radical (unpaired) electrons. The van der Waals surface area contributed by atoms with Gasteiger partial charge in [-0.15, -0.1) is 0 Å². The highest BCUT2D eigenvalue weighted by Gasteiger charge is 2.33. The molecule has 110 valence electrons. The molecule has 0 saturated carbocycles. The highest BCUT2D eigenvalue weighted by atomic mass is 79.9. The lowest BCUT2D eigenvalue weighted by Crippen LogP contribution is -2.30. The van der Waals surface area contributed by atoms with Crippen LogP contribution in [-0.2, 0) is 11.3 Å². The van der Waals surface area contributed by atoms with Crippen molar-refractivity contribution in [3.05, 3.63) is 75.9 Å². The largest absolute Gasteiger partial charge is 0.329 e. The minimum atomic E-state index is -0.393. The molecule has 0 aromatic heterocycles. The fraction of sp³-hybridized carbons (Fsp3) is 0.0588. The molecule has 1 aliphatic rings. The van der Waals surface area contributed by atoms with Crippen LogP contribution in [0.25, 0.3) is 6.08 Å². The fourth-order valence-electron chi connectivity index (χ4n) is 2.20. The van der Waals surface area contributed by atoms with E-state index in [4.69, 9.17) is 0 Å². The zero-order valence-electron chi connectivity index (χ0n) is 11.6. The third-order valence-corrected chi connectivity index (χ3v) is 3.86. The van der Waals surface area contributed by atoms with Crippen molar-refractivity contribution in [1.82, 2.24) is 10.2 Å². The molecule has 2 aromatic carbocycles. The van der Waals surface area contributed by atoms with E-state index in [1.807, 2.05) is 54.6 Å². The van der Waals surface area contributed by atoms with E-state index in [1.54, 1.807) is 6.08 Å². The Morgan fingerprint density at radius 1 is 1.00 bits per heavy atom. The summed E-state index contributed by atoms with van der Waals surface area (Å²) in [6.07, 6.45) is 1.68. The SMILES string of the molecule is O=C1N/C(=C/c2ccccc2)C(=O)N1Cc1ccc(Br)cc1. The zero-order valence-corrected chi connectivity index (χ0v) is 13.2. The Kier molecular flexibility index (Phi) is 4.06. The number of amides is 3. The van der Waals surface area contributed by atoms with E-state index in [1.165, 1.54) is 4.90 Å². The summed E-state index contributed by atoms with van der Waals surface area (Å²) in [4.78, 5) is 25.6. The Morgan fingerprint density at radius 3 is 2.36 bits per heavy atom. The normalized spacial score (nSPS) is 16.2. The van der Waals surface area contributed by atoms with E-state index in [9.17, 15) is 9.59 Å². The van der Waals surface area contributed by atoms with E-state index >= 15 is 0 Å². The summed E-state index contributed by atoms with van der Waals surface area (Å²) in [6.45, 7) is 0.254. The highest BCUT2D eigenvalue weighted by molar-refractivity contribution is 9.10. The summed E-state index contributed by atoms with van der Waals surface area (Å²) in [7, 11) is 0. The molecule has 1 aliphatic heterocycles. The quantitative estimate of drug-likeness (QED) is 0.675. The predicted molar refractivity (Wildman–Crippen MR) is 87.6 cm³/mol. The zero-order chi connectivity index (χ0) is 15.5. The lowest BCUT2D eigenvalue weighted by atomic mass is 10.2. The smallest absolute Gasteiger partial charge is 0.303 e. The van der Waals surface area contributed by atoms with E-state index in [-0.39, 0.29) is 12.5 Å². The molecule has 1 heterocycles. The molecule has 3 amide bonds. The number of imide groups is 1. The van der Waals surface area contributed by atoms with E-state index < -0.39 is 6.03 Å². The van der Waals surface area contributed by atoms with Crippen molar-refractivity contribution in [3.63, 3.8) is 0 Å². The summed E-state index contributed by atoms with van der Waals surface area (Å²) in [5.74, 6) is -0.309. The molecular weight excluding hydrogens is 344 g/mol. The van der Waals surface area contributed by atoms with Crippen LogP contribution in [0.2, 0.25) is 0 Å². The van der Waals surface area contributed by atoms with Gasteiger partial charge >= 0.3 is 6.03 Å². The third kappa shape index (κ3) is 3.09. The maximum absolute atomic E-state index is 12.4. The van der Waals surface area contributed by atoms with Crippen molar-refractivity contribution >= 4 is 33.9 Å². The number of nitrogens with one attached hydrogen (secondary N) is 1. The minimum absolute atomic E-state index is 0.254. The van der Waals surface area contributed by atoms with Crippen LogP contribution in [0.4, 0.5) is 4.79 Å². The molecule has 5 heteroatoms. The topological polar surface area (TPSA) is 49.4 Å². The number of rotatable bonds is 3. The molecular formula is C17H13BrN2O2. The lowest BCUT2D eigenvalue weighted by molar-refractivity contribution is -0.123. The molecule has 0 aliphatic carbocycles. The van der Waals surface area contributed by atoms with Crippen LogP contribution in [0.3, 0.4) is 0 Å².